The molecule has 31 heavy (non-hydrogen) atoms. The van der Waals surface area contributed by atoms with Crippen molar-refractivity contribution >= 4 is 11.9 Å². The molecule has 0 spiro atoms. The van der Waals surface area contributed by atoms with Crippen molar-refractivity contribution in [3.8, 4) is 0 Å². The molecule has 0 bridgehead atoms. The zero-order chi connectivity index (χ0) is 22.0. The van der Waals surface area contributed by atoms with E-state index in [0.717, 1.165) is 36.1 Å². The fourth-order valence-corrected chi connectivity index (χ4v) is 4.82. The summed E-state index contributed by atoms with van der Waals surface area (Å²) in [6.45, 7) is 4.23. The average Bonchev–Trinajstić information content (AvgIpc) is 3.11. The van der Waals surface area contributed by atoms with Gasteiger partial charge in [0.05, 0.1) is 18.2 Å². The number of nitrogens with zero attached hydrogens (tertiary/aromatic N) is 3. The molecular formula is C24H32N4O3. The Balaban J connectivity index is 1.32. The molecule has 0 aliphatic heterocycles. The first kappa shape index (κ1) is 21.5. The number of carbonyl (C=O) groups is 2. The maximum absolute atomic E-state index is 12.8. The third-order valence-electron chi connectivity index (χ3n) is 7.27. The van der Waals surface area contributed by atoms with E-state index >= 15 is 0 Å². The SMILES string of the molecule is CCC1(c2cn(C3CC(C(=O)N[C@H](CC(=O)O)Cc4ccc(C)cc4)C3)nn2)CCC1. The summed E-state index contributed by atoms with van der Waals surface area (Å²) < 4.78 is 1.93. The number of carboxylic acids is 1. The van der Waals surface area contributed by atoms with Gasteiger partial charge < -0.3 is 10.4 Å². The van der Waals surface area contributed by atoms with Gasteiger partial charge in [0.2, 0.25) is 5.91 Å². The van der Waals surface area contributed by atoms with Gasteiger partial charge in [0.25, 0.3) is 0 Å². The van der Waals surface area contributed by atoms with E-state index in [2.05, 4.69) is 28.7 Å². The molecule has 2 fully saturated rings. The lowest BCUT2D eigenvalue weighted by Gasteiger charge is -2.39. The standard InChI is InChI=1S/C24H32N4O3/c1-3-24(9-4-10-24)21-15-28(27-26-21)20-12-18(13-20)23(31)25-19(14-22(29)30)11-17-7-5-16(2)6-8-17/h5-8,15,18-20H,3-4,9-14H2,1-2H3,(H,25,31)(H,29,30)/t18?,19-,20?/m0/s1. The van der Waals surface area contributed by atoms with E-state index in [9.17, 15) is 14.7 Å². The number of rotatable bonds is 9. The van der Waals surface area contributed by atoms with Crippen LogP contribution in [0, 0.1) is 12.8 Å². The quantitative estimate of drug-likeness (QED) is 0.641. The number of aliphatic carboxylic acids is 1. The van der Waals surface area contributed by atoms with E-state index < -0.39 is 12.0 Å². The van der Waals surface area contributed by atoms with E-state index in [1.807, 2.05) is 35.9 Å². The van der Waals surface area contributed by atoms with Gasteiger partial charge in [-0.1, -0.05) is 48.4 Å². The number of carboxylic acid groups (broad SMARTS) is 1. The van der Waals surface area contributed by atoms with Crippen LogP contribution in [-0.4, -0.2) is 38.0 Å². The van der Waals surface area contributed by atoms with Gasteiger partial charge in [-0.3, -0.25) is 9.59 Å². The van der Waals surface area contributed by atoms with Crippen LogP contribution >= 0.6 is 0 Å². The molecule has 0 saturated heterocycles. The molecule has 2 aliphatic rings. The number of nitrogens with one attached hydrogen (secondary N) is 1. The molecule has 0 unspecified atom stereocenters. The van der Waals surface area contributed by atoms with Crippen LogP contribution in [0.3, 0.4) is 0 Å². The molecule has 1 aromatic carbocycles. The summed E-state index contributed by atoms with van der Waals surface area (Å²) in [5.74, 6) is -1.06. The summed E-state index contributed by atoms with van der Waals surface area (Å²) in [5.41, 5.74) is 3.48. The number of carbonyl (C=O) groups excluding carboxylic acids is 1. The number of hydrogen-bond acceptors (Lipinski definition) is 4. The Kier molecular flexibility index (Phi) is 6.12. The Morgan fingerprint density at radius 2 is 1.97 bits per heavy atom. The predicted molar refractivity (Wildman–Crippen MR) is 117 cm³/mol. The van der Waals surface area contributed by atoms with Crippen molar-refractivity contribution in [2.45, 2.75) is 82.7 Å². The second-order valence-corrected chi connectivity index (χ2v) is 9.39. The summed E-state index contributed by atoms with van der Waals surface area (Å²) >= 11 is 0. The van der Waals surface area contributed by atoms with Crippen LogP contribution in [0.2, 0.25) is 0 Å². The number of benzene rings is 1. The average molecular weight is 425 g/mol. The van der Waals surface area contributed by atoms with Crippen molar-refractivity contribution in [2.24, 2.45) is 5.92 Å². The Morgan fingerprint density at radius 3 is 2.55 bits per heavy atom. The van der Waals surface area contributed by atoms with Crippen LogP contribution in [-0.2, 0) is 21.4 Å². The maximum Gasteiger partial charge on any atom is 0.305 e. The topological polar surface area (TPSA) is 97.1 Å². The van der Waals surface area contributed by atoms with Crippen molar-refractivity contribution < 1.29 is 14.7 Å². The number of amides is 1. The molecule has 166 valence electrons. The van der Waals surface area contributed by atoms with Gasteiger partial charge in [0.1, 0.15) is 0 Å². The molecule has 1 atom stereocenters. The first-order chi connectivity index (χ1) is 14.9. The van der Waals surface area contributed by atoms with Crippen LogP contribution in [0.15, 0.2) is 30.5 Å². The molecule has 1 amide bonds. The lowest BCUT2D eigenvalue weighted by Crippen LogP contribution is -2.45. The molecule has 1 aromatic heterocycles. The Labute approximate surface area is 183 Å². The van der Waals surface area contributed by atoms with Crippen LogP contribution in [0.5, 0.6) is 0 Å². The van der Waals surface area contributed by atoms with Crippen molar-refractivity contribution in [1.29, 1.82) is 0 Å². The van der Waals surface area contributed by atoms with Crippen molar-refractivity contribution in [3.05, 3.63) is 47.3 Å². The van der Waals surface area contributed by atoms with Crippen molar-refractivity contribution in [1.82, 2.24) is 20.3 Å². The highest BCUT2D eigenvalue weighted by Crippen LogP contribution is 2.46. The molecule has 0 radical (unpaired) electrons. The second-order valence-electron chi connectivity index (χ2n) is 9.39. The summed E-state index contributed by atoms with van der Waals surface area (Å²) in [5, 5.41) is 21.0. The van der Waals surface area contributed by atoms with E-state index in [-0.39, 0.29) is 29.7 Å². The lowest BCUT2D eigenvalue weighted by molar-refractivity contribution is -0.138. The number of aromatic nitrogens is 3. The molecule has 1 heterocycles. The van der Waals surface area contributed by atoms with Crippen LogP contribution in [0.25, 0.3) is 0 Å². The van der Waals surface area contributed by atoms with Crippen LogP contribution in [0.1, 0.15) is 74.7 Å². The van der Waals surface area contributed by atoms with Crippen molar-refractivity contribution in [3.63, 3.8) is 0 Å². The van der Waals surface area contributed by atoms with Crippen LogP contribution < -0.4 is 5.32 Å². The van der Waals surface area contributed by atoms with Gasteiger partial charge in [0, 0.05) is 23.6 Å². The highest BCUT2D eigenvalue weighted by atomic mass is 16.4. The normalized spacial score (nSPS) is 22.8. The summed E-state index contributed by atoms with van der Waals surface area (Å²) in [6, 6.07) is 7.77. The van der Waals surface area contributed by atoms with Gasteiger partial charge in [-0.25, -0.2) is 4.68 Å². The highest BCUT2D eigenvalue weighted by Gasteiger charge is 2.41. The second kappa shape index (κ2) is 8.81. The maximum atomic E-state index is 12.8. The molecule has 2 saturated carbocycles. The van der Waals surface area contributed by atoms with Gasteiger partial charge >= 0.3 is 5.97 Å². The monoisotopic (exact) mass is 424 g/mol. The fraction of sp³-hybridized carbons (Fsp3) is 0.583. The summed E-state index contributed by atoms with van der Waals surface area (Å²) in [7, 11) is 0. The van der Waals surface area contributed by atoms with Gasteiger partial charge in [0.15, 0.2) is 0 Å². The first-order valence-corrected chi connectivity index (χ1v) is 11.4. The zero-order valence-electron chi connectivity index (χ0n) is 18.4. The van der Waals surface area contributed by atoms with E-state index in [0.29, 0.717) is 6.42 Å². The molecule has 2 N–H and O–H groups in total. The predicted octanol–water partition coefficient (Wildman–Crippen LogP) is 3.57. The smallest absolute Gasteiger partial charge is 0.305 e. The largest absolute Gasteiger partial charge is 0.481 e. The molecule has 7 heteroatoms. The third kappa shape index (κ3) is 4.65. The minimum Gasteiger partial charge on any atom is -0.481 e. The third-order valence-corrected chi connectivity index (χ3v) is 7.27. The molecule has 2 aliphatic carbocycles. The van der Waals surface area contributed by atoms with Gasteiger partial charge in [-0.2, -0.15) is 0 Å². The van der Waals surface area contributed by atoms with E-state index in [1.54, 1.807) is 0 Å². The summed E-state index contributed by atoms with van der Waals surface area (Å²) in [4.78, 5) is 24.0. The summed E-state index contributed by atoms with van der Waals surface area (Å²) in [6.07, 6.45) is 8.66. The Hall–Kier alpha value is -2.70. The Bertz CT molecular complexity index is 921. The van der Waals surface area contributed by atoms with Gasteiger partial charge in [-0.05, 0) is 51.0 Å². The molecule has 7 nitrogen and oxygen atoms in total. The molecular weight excluding hydrogens is 392 g/mol. The minimum atomic E-state index is -0.903. The fourth-order valence-electron chi connectivity index (χ4n) is 4.82. The van der Waals surface area contributed by atoms with Crippen LogP contribution in [0.4, 0.5) is 0 Å². The number of aryl methyl sites for hydroxylation is 1. The van der Waals surface area contributed by atoms with Gasteiger partial charge in [-0.15, -0.1) is 5.10 Å². The molecule has 4 rings (SSSR count). The van der Waals surface area contributed by atoms with E-state index in [4.69, 9.17) is 0 Å². The van der Waals surface area contributed by atoms with E-state index in [1.165, 1.54) is 19.3 Å². The zero-order valence-corrected chi connectivity index (χ0v) is 18.4. The first-order valence-electron chi connectivity index (χ1n) is 11.4. The minimum absolute atomic E-state index is 0.0565. The highest BCUT2D eigenvalue weighted by molar-refractivity contribution is 5.80. The molecule has 2 aromatic rings. The number of hydrogen-bond donors (Lipinski definition) is 2. The van der Waals surface area contributed by atoms with Crippen molar-refractivity contribution in [2.75, 3.05) is 0 Å². The Morgan fingerprint density at radius 1 is 1.26 bits per heavy atom. The lowest BCUT2D eigenvalue weighted by atomic mass is 9.65.